The first-order valence-electron chi connectivity index (χ1n) is 5.84. The fourth-order valence-electron chi connectivity index (χ4n) is 1.94. The molecule has 0 bridgehead atoms. The standard InChI is InChI=1S/C13H10N4O2S/c1-7-9(5-18)20-13-10(7)11(15-6-16-13)17-8-3-2-4-14-12(8)19/h2-6H,1H3,(H,14,19)(H,15,16,17). The minimum absolute atomic E-state index is 0.234. The number of nitrogens with one attached hydrogen (secondary N) is 2. The van der Waals surface area contributed by atoms with E-state index in [1.165, 1.54) is 17.7 Å². The Bertz CT molecular complexity index is 853. The lowest BCUT2D eigenvalue weighted by Crippen LogP contribution is -2.10. The third-order valence-electron chi connectivity index (χ3n) is 2.94. The van der Waals surface area contributed by atoms with Crippen LogP contribution in [0, 0.1) is 6.92 Å². The average Bonchev–Trinajstić information content (AvgIpc) is 2.79. The molecule has 0 aliphatic rings. The minimum atomic E-state index is -0.234. The van der Waals surface area contributed by atoms with Gasteiger partial charge in [-0.2, -0.15) is 0 Å². The van der Waals surface area contributed by atoms with Gasteiger partial charge in [0.05, 0.1) is 10.3 Å². The van der Waals surface area contributed by atoms with Gasteiger partial charge in [-0.15, -0.1) is 11.3 Å². The Morgan fingerprint density at radius 2 is 2.25 bits per heavy atom. The van der Waals surface area contributed by atoms with Crippen molar-refractivity contribution >= 4 is 39.3 Å². The van der Waals surface area contributed by atoms with E-state index >= 15 is 0 Å². The normalized spacial score (nSPS) is 10.7. The first-order valence-corrected chi connectivity index (χ1v) is 6.66. The molecule has 0 saturated carbocycles. The van der Waals surface area contributed by atoms with Crippen LogP contribution in [0.15, 0.2) is 29.5 Å². The van der Waals surface area contributed by atoms with Gasteiger partial charge >= 0.3 is 0 Å². The molecule has 3 heterocycles. The smallest absolute Gasteiger partial charge is 0.271 e. The Morgan fingerprint density at radius 3 is 3.00 bits per heavy atom. The SMILES string of the molecule is Cc1c(C=O)sc2ncnc(Nc3ccc[nH]c3=O)c12. The predicted octanol–water partition coefficient (Wildman–Crippen LogP) is 2.24. The number of rotatable bonds is 3. The summed E-state index contributed by atoms with van der Waals surface area (Å²) in [5.41, 5.74) is 0.976. The number of hydrogen-bond donors (Lipinski definition) is 2. The van der Waals surface area contributed by atoms with Crippen molar-refractivity contribution in [3.63, 3.8) is 0 Å². The average molecular weight is 286 g/mol. The van der Waals surface area contributed by atoms with Crippen LogP contribution in [0.2, 0.25) is 0 Å². The number of pyridine rings is 1. The van der Waals surface area contributed by atoms with Crippen molar-refractivity contribution in [2.45, 2.75) is 6.92 Å². The molecule has 0 amide bonds. The molecule has 2 N–H and O–H groups in total. The summed E-state index contributed by atoms with van der Waals surface area (Å²) < 4.78 is 0. The number of fused-ring (bicyclic) bond motifs is 1. The molecule has 0 saturated heterocycles. The number of thiophene rings is 1. The summed E-state index contributed by atoms with van der Waals surface area (Å²) in [7, 11) is 0. The lowest BCUT2D eigenvalue weighted by molar-refractivity contribution is 0.112. The number of carbonyl (C=O) groups excluding carboxylic acids is 1. The van der Waals surface area contributed by atoms with E-state index in [-0.39, 0.29) is 5.56 Å². The van der Waals surface area contributed by atoms with E-state index in [0.29, 0.717) is 16.4 Å². The van der Waals surface area contributed by atoms with Gasteiger partial charge in [-0.25, -0.2) is 9.97 Å². The zero-order valence-corrected chi connectivity index (χ0v) is 11.3. The Labute approximate surface area is 117 Å². The van der Waals surface area contributed by atoms with Crippen LogP contribution in [0.5, 0.6) is 0 Å². The summed E-state index contributed by atoms with van der Waals surface area (Å²) in [6.07, 6.45) is 3.77. The van der Waals surface area contributed by atoms with Gasteiger partial charge < -0.3 is 10.3 Å². The maximum atomic E-state index is 11.7. The monoisotopic (exact) mass is 286 g/mol. The minimum Gasteiger partial charge on any atom is -0.335 e. The number of hydrogen-bond acceptors (Lipinski definition) is 6. The molecular weight excluding hydrogens is 276 g/mol. The van der Waals surface area contributed by atoms with Gasteiger partial charge in [0, 0.05) is 6.20 Å². The molecule has 0 aromatic carbocycles. The van der Waals surface area contributed by atoms with Gasteiger partial charge in [0.25, 0.3) is 5.56 Å². The first kappa shape index (κ1) is 12.5. The van der Waals surface area contributed by atoms with Crippen molar-refractivity contribution in [3.8, 4) is 0 Å². The summed E-state index contributed by atoms with van der Waals surface area (Å²) in [6, 6.07) is 3.38. The molecule has 0 spiro atoms. The fourth-order valence-corrected chi connectivity index (χ4v) is 2.91. The quantitative estimate of drug-likeness (QED) is 0.721. The molecule has 3 rings (SSSR count). The van der Waals surface area contributed by atoms with E-state index < -0.39 is 0 Å². The number of nitrogens with zero attached hydrogens (tertiary/aromatic N) is 2. The fraction of sp³-hybridized carbons (Fsp3) is 0.0769. The topological polar surface area (TPSA) is 87.7 Å². The molecular formula is C13H10N4O2S. The number of aromatic nitrogens is 3. The zero-order chi connectivity index (χ0) is 14.1. The van der Waals surface area contributed by atoms with Crippen molar-refractivity contribution in [2.24, 2.45) is 0 Å². The van der Waals surface area contributed by atoms with Gasteiger partial charge in [0.2, 0.25) is 0 Å². The van der Waals surface area contributed by atoms with Crippen molar-refractivity contribution in [3.05, 3.63) is 45.5 Å². The number of H-pyrrole nitrogens is 1. The highest BCUT2D eigenvalue weighted by atomic mass is 32.1. The Hall–Kier alpha value is -2.54. The highest BCUT2D eigenvalue weighted by Gasteiger charge is 2.14. The summed E-state index contributed by atoms with van der Waals surface area (Å²) in [4.78, 5) is 34.9. The van der Waals surface area contributed by atoms with Crippen LogP contribution in [0.4, 0.5) is 11.5 Å². The Kier molecular flexibility index (Phi) is 3.03. The molecule has 7 heteroatoms. The zero-order valence-electron chi connectivity index (χ0n) is 10.5. The number of aldehydes is 1. The van der Waals surface area contributed by atoms with Crippen LogP contribution >= 0.6 is 11.3 Å². The van der Waals surface area contributed by atoms with Crippen LogP contribution in [0.1, 0.15) is 15.2 Å². The number of aromatic amines is 1. The van der Waals surface area contributed by atoms with Crippen LogP contribution < -0.4 is 10.9 Å². The van der Waals surface area contributed by atoms with E-state index in [1.54, 1.807) is 18.3 Å². The summed E-state index contributed by atoms with van der Waals surface area (Å²) in [6.45, 7) is 1.84. The molecule has 0 atom stereocenters. The van der Waals surface area contributed by atoms with E-state index in [0.717, 1.165) is 22.1 Å². The van der Waals surface area contributed by atoms with E-state index in [9.17, 15) is 9.59 Å². The number of aryl methyl sites for hydroxylation is 1. The van der Waals surface area contributed by atoms with Crippen LogP contribution in [-0.2, 0) is 0 Å². The van der Waals surface area contributed by atoms with Crippen LogP contribution in [0.25, 0.3) is 10.2 Å². The summed E-state index contributed by atoms with van der Waals surface area (Å²) in [5.74, 6) is 0.522. The highest BCUT2D eigenvalue weighted by molar-refractivity contribution is 7.20. The lowest BCUT2D eigenvalue weighted by atomic mass is 10.2. The first-order chi connectivity index (χ1) is 9.70. The Morgan fingerprint density at radius 1 is 1.40 bits per heavy atom. The van der Waals surface area contributed by atoms with Crippen molar-refractivity contribution in [1.29, 1.82) is 0 Å². The molecule has 0 fully saturated rings. The van der Waals surface area contributed by atoms with Gasteiger partial charge in [0.1, 0.15) is 22.7 Å². The van der Waals surface area contributed by atoms with Crippen LogP contribution in [0.3, 0.4) is 0 Å². The van der Waals surface area contributed by atoms with Crippen molar-refractivity contribution in [2.75, 3.05) is 5.32 Å². The van der Waals surface area contributed by atoms with Gasteiger partial charge in [-0.05, 0) is 24.6 Å². The predicted molar refractivity (Wildman–Crippen MR) is 77.9 cm³/mol. The second kappa shape index (κ2) is 4.86. The number of anilines is 2. The molecule has 0 radical (unpaired) electrons. The van der Waals surface area contributed by atoms with E-state index in [4.69, 9.17) is 0 Å². The molecule has 20 heavy (non-hydrogen) atoms. The highest BCUT2D eigenvalue weighted by Crippen LogP contribution is 2.32. The summed E-state index contributed by atoms with van der Waals surface area (Å²) >= 11 is 1.31. The van der Waals surface area contributed by atoms with Crippen molar-refractivity contribution in [1.82, 2.24) is 15.0 Å². The van der Waals surface area contributed by atoms with E-state index in [1.807, 2.05) is 6.92 Å². The van der Waals surface area contributed by atoms with Gasteiger partial charge in [-0.3, -0.25) is 9.59 Å². The third kappa shape index (κ3) is 1.97. The summed E-state index contributed by atoms with van der Waals surface area (Å²) in [5, 5.41) is 3.76. The molecule has 3 aromatic rings. The van der Waals surface area contributed by atoms with E-state index in [2.05, 4.69) is 20.3 Å². The lowest BCUT2D eigenvalue weighted by Gasteiger charge is -2.05. The maximum Gasteiger partial charge on any atom is 0.271 e. The largest absolute Gasteiger partial charge is 0.335 e. The maximum absolute atomic E-state index is 11.7. The number of carbonyl (C=O) groups is 1. The second-order valence-corrected chi connectivity index (χ2v) is 5.18. The van der Waals surface area contributed by atoms with Crippen LogP contribution in [-0.4, -0.2) is 21.2 Å². The molecule has 3 aromatic heterocycles. The van der Waals surface area contributed by atoms with Gasteiger partial charge in [0.15, 0.2) is 6.29 Å². The molecule has 100 valence electrons. The van der Waals surface area contributed by atoms with Gasteiger partial charge in [-0.1, -0.05) is 0 Å². The molecule has 6 nitrogen and oxygen atoms in total. The molecule has 0 unspecified atom stereocenters. The second-order valence-electron chi connectivity index (χ2n) is 4.15. The molecule has 0 aliphatic heterocycles. The molecule has 0 aliphatic carbocycles. The third-order valence-corrected chi connectivity index (χ3v) is 4.07. The van der Waals surface area contributed by atoms with Crippen molar-refractivity contribution < 1.29 is 4.79 Å². The Balaban J connectivity index is 2.17.